The maximum atomic E-state index is 6.64. The van der Waals surface area contributed by atoms with Crippen LogP contribution >= 0.6 is 23.2 Å². The molecule has 0 spiro atoms. The lowest BCUT2D eigenvalue weighted by molar-refractivity contribution is -0.00272. The van der Waals surface area contributed by atoms with E-state index in [-0.39, 0.29) is 0 Å². The maximum Gasteiger partial charge on any atom is 0.0458 e. The molecule has 0 N–H and O–H groups in total. The molecule has 4 bridgehead atoms. The molecule has 4 saturated carbocycles. The molecule has 0 heterocycles. The van der Waals surface area contributed by atoms with Gasteiger partial charge in [-0.2, -0.15) is 0 Å². The number of hydrogen-bond acceptors (Lipinski definition) is 0. The Morgan fingerprint density at radius 1 is 0.952 bits per heavy atom. The molecule has 0 unspecified atom stereocenters. The lowest BCUT2D eigenvalue weighted by Crippen LogP contribution is -2.43. The van der Waals surface area contributed by atoms with Gasteiger partial charge in [-0.15, -0.1) is 6.58 Å². The molecule has 2 heteroatoms. The van der Waals surface area contributed by atoms with Crippen LogP contribution in [-0.2, 0) is 6.42 Å². The Morgan fingerprint density at radius 3 is 1.95 bits per heavy atom. The summed E-state index contributed by atoms with van der Waals surface area (Å²) < 4.78 is 0. The summed E-state index contributed by atoms with van der Waals surface area (Å²) in [4.78, 5) is 0. The van der Waals surface area contributed by atoms with Crippen molar-refractivity contribution in [3.63, 3.8) is 0 Å². The molecule has 0 nitrogen and oxygen atoms in total. The third-order valence-electron chi connectivity index (χ3n) is 6.08. The smallest absolute Gasteiger partial charge is 0.0458 e. The Balaban J connectivity index is 1.72. The minimum atomic E-state index is 0.607. The van der Waals surface area contributed by atoms with E-state index in [1.165, 1.54) is 43.2 Å². The van der Waals surface area contributed by atoms with Gasteiger partial charge in [-0.05, 0) is 91.4 Å². The molecule has 21 heavy (non-hydrogen) atoms. The van der Waals surface area contributed by atoms with Gasteiger partial charge in [0.25, 0.3) is 0 Å². The van der Waals surface area contributed by atoms with Crippen LogP contribution in [0.5, 0.6) is 0 Å². The summed E-state index contributed by atoms with van der Waals surface area (Å²) in [6.45, 7) is 3.80. The molecule has 0 atom stereocenters. The van der Waals surface area contributed by atoms with E-state index in [4.69, 9.17) is 23.2 Å². The molecular weight excluding hydrogens is 299 g/mol. The zero-order valence-electron chi connectivity index (χ0n) is 12.3. The van der Waals surface area contributed by atoms with Crippen LogP contribution in [0.1, 0.15) is 49.1 Å². The summed E-state index contributed by atoms with van der Waals surface area (Å²) in [7, 11) is 0. The van der Waals surface area contributed by atoms with Gasteiger partial charge in [0.05, 0.1) is 0 Å². The predicted octanol–water partition coefficient (Wildman–Crippen LogP) is 6.26. The molecular formula is C19H22Cl2. The largest absolute Gasteiger partial charge is 0.103 e. The first-order valence-electron chi connectivity index (χ1n) is 8.24. The van der Waals surface area contributed by atoms with Crippen molar-refractivity contribution in [1.82, 2.24) is 0 Å². The Kier molecular flexibility index (Phi) is 3.58. The highest BCUT2D eigenvalue weighted by atomic mass is 35.5. The minimum absolute atomic E-state index is 0.607. The standard InChI is InChI=1S/C19H22Cl2/c1-2-3-11-9-16(20)19(17(21)10-11)18-14-5-12-4-13(7-14)8-15(18)6-12/h2,9-10,12-15,18H,1,3-8H2. The van der Waals surface area contributed by atoms with E-state index in [1.807, 2.05) is 6.08 Å². The van der Waals surface area contributed by atoms with Crippen molar-refractivity contribution in [2.24, 2.45) is 23.7 Å². The lowest BCUT2D eigenvalue weighted by atomic mass is 9.50. The van der Waals surface area contributed by atoms with Gasteiger partial charge in [0.15, 0.2) is 0 Å². The van der Waals surface area contributed by atoms with E-state index in [0.717, 1.165) is 40.1 Å². The van der Waals surface area contributed by atoms with Crippen molar-refractivity contribution in [1.29, 1.82) is 0 Å². The van der Waals surface area contributed by atoms with Gasteiger partial charge in [0.2, 0.25) is 0 Å². The van der Waals surface area contributed by atoms with Crippen LogP contribution in [0, 0.1) is 23.7 Å². The van der Waals surface area contributed by atoms with Gasteiger partial charge in [-0.25, -0.2) is 0 Å². The van der Waals surface area contributed by atoms with E-state index in [9.17, 15) is 0 Å². The average molecular weight is 321 g/mol. The highest BCUT2D eigenvalue weighted by Gasteiger charge is 2.49. The third-order valence-corrected chi connectivity index (χ3v) is 6.70. The van der Waals surface area contributed by atoms with Gasteiger partial charge >= 0.3 is 0 Å². The van der Waals surface area contributed by atoms with E-state index < -0.39 is 0 Å². The second kappa shape index (κ2) is 5.32. The molecule has 0 saturated heterocycles. The van der Waals surface area contributed by atoms with E-state index >= 15 is 0 Å². The predicted molar refractivity (Wildman–Crippen MR) is 90.1 cm³/mol. The SMILES string of the molecule is C=CCc1cc(Cl)c(C2C3CC4CC(C3)CC2C4)c(Cl)c1. The van der Waals surface area contributed by atoms with Crippen molar-refractivity contribution in [2.45, 2.75) is 44.4 Å². The number of hydrogen-bond donors (Lipinski definition) is 0. The highest BCUT2D eigenvalue weighted by Crippen LogP contribution is 2.61. The number of halogens is 2. The van der Waals surface area contributed by atoms with Crippen LogP contribution in [0.3, 0.4) is 0 Å². The molecule has 0 aliphatic heterocycles. The molecule has 4 fully saturated rings. The Hall–Kier alpha value is -0.460. The first kappa shape index (κ1) is 14.2. The second-order valence-electron chi connectivity index (χ2n) is 7.42. The van der Waals surface area contributed by atoms with Gasteiger partial charge in [-0.3, -0.25) is 0 Å². The summed E-state index contributed by atoms with van der Waals surface area (Å²) in [5, 5.41) is 1.77. The molecule has 1 aromatic carbocycles. The summed E-state index contributed by atoms with van der Waals surface area (Å²) in [5.74, 6) is 4.22. The molecule has 4 aliphatic rings. The molecule has 0 aromatic heterocycles. The number of benzene rings is 1. The van der Waals surface area contributed by atoms with E-state index in [1.54, 1.807) is 0 Å². The number of allylic oxidation sites excluding steroid dienone is 1. The third kappa shape index (κ3) is 2.35. The minimum Gasteiger partial charge on any atom is -0.103 e. The second-order valence-corrected chi connectivity index (χ2v) is 8.24. The summed E-state index contributed by atoms with van der Waals surface area (Å²) in [5.41, 5.74) is 2.42. The van der Waals surface area contributed by atoms with Crippen LogP contribution in [-0.4, -0.2) is 0 Å². The van der Waals surface area contributed by atoms with Crippen LogP contribution < -0.4 is 0 Å². The molecule has 112 valence electrons. The average Bonchev–Trinajstić information content (AvgIpc) is 2.40. The summed E-state index contributed by atoms with van der Waals surface area (Å²) >= 11 is 13.3. The molecule has 1 aromatic rings. The lowest BCUT2D eigenvalue weighted by Gasteiger charge is -2.55. The Morgan fingerprint density at radius 2 is 1.48 bits per heavy atom. The first-order valence-corrected chi connectivity index (χ1v) is 9.00. The molecule has 0 amide bonds. The Labute approximate surface area is 137 Å². The van der Waals surface area contributed by atoms with E-state index in [0.29, 0.717) is 5.92 Å². The van der Waals surface area contributed by atoms with Crippen molar-refractivity contribution in [3.8, 4) is 0 Å². The maximum absolute atomic E-state index is 6.64. The van der Waals surface area contributed by atoms with Crippen molar-refractivity contribution >= 4 is 23.2 Å². The quantitative estimate of drug-likeness (QED) is 0.576. The van der Waals surface area contributed by atoms with Crippen LogP contribution in [0.25, 0.3) is 0 Å². The van der Waals surface area contributed by atoms with E-state index in [2.05, 4.69) is 18.7 Å². The van der Waals surface area contributed by atoms with Crippen molar-refractivity contribution in [2.75, 3.05) is 0 Å². The zero-order chi connectivity index (χ0) is 14.6. The van der Waals surface area contributed by atoms with Gasteiger partial charge < -0.3 is 0 Å². The topological polar surface area (TPSA) is 0 Å². The van der Waals surface area contributed by atoms with Crippen LogP contribution in [0.15, 0.2) is 24.8 Å². The van der Waals surface area contributed by atoms with Gasteiger partial charge in [0.1, 0.15) is 0 Å². The fourth-order valence-corrected chi connectivity index (χ4v) is 6.42. The molecule has 5 rings (SSSR count). The van der Waals surface area contributed by atoms with Crippen LogP contribution in [0.4, 0.5) is 0 Å². The zero-order valence-corrected chi connectivity index (χ0v) is 13.8. The highest BCUT2D eigenvalue weighted by molar-refractivity contribution is 6.36. The molecule has 4 aliphatic carbocycles. The Bertz CT molecular complexity index is 524. The van der Waals surface area contributed by atoms with Crippen molar-refractivity contribution in [3.05, 3.63) is 46.0 Å². The number of rotatable bonds is 3. The van der Waals surface area contributed by atoms with Crippen LogP contribution in [0.2, 0.25) is 10.0 Å². The first-order chi connectivity index (χ1) is 10.2. The monoisotopic (exact) mass is 320 g/mol. The summed E-state index contributed by atoms with van der Waals surface area (Å²) in [6, 6.07) is 4.21. The molecule has 0 radical (unpaired) electrons. The fourth-order valence-electron chi connectivity index (χ4n) is 5.64. The fraction of sp³-hybridized carbons (Fsp3) is 0.579. The van der Waals surface area contributed by atoms with Gasteiger partial charge in [-0.1, -0.05) is 29.3 Å². The van der Waals surface area contributed by atoms with Gasteiger partial charge in [0, 0.05) is 10.0 Å². The summed E-state index contributed by atoms with van der Waals surface area (Å²) in [6.07, 6.45) is 9.83. The normalized spacial score (nSPS) is 37.0. The van der Waals surface area contributed by atoms with Crippen molar-refractivity contribution < 1.29 is 0 Å².